The van der Waals surface area contributed by atoms with Crippen LogP contribution in [-0.2, 0) is 11.3 Å². The SMILES string of the molecule is C[C@H]1CC[C@H](NCc2ccnc(N3CCOCC3)n2)CC1. The van der Waals surface area contributed by atoms with Gasteiger partial charge in [0.05, 0.1) is 18.9 Å². The minimum Gasteiger partial charge on any atom is -0.378 e. The second-order valence-corrected chi connectivity index (χ2v) is 6.29. The molecule has 5 heteroatoms. The first-order valence-corrected chi connectivity index (χ1v) is 8.19. The number of hydrogen-bond donors (Lipinski definition) is 1. The zero-order valence-electron chi connectivity index (χ0n) is 12.9. The maximum absolute atomic E-state index is 5.38. The zero-order chi connectivity index (χ0) is 14.5. The molecule has 1 aromatic rings. The third-order valence-electron chi connectivity index (χ3n) is 4.58. The Labute approximate surface area is 127 Å². The fourth-order valence-electron chi connectivity index (χ4n) is 3.11. The van der Waals surface area contributed by atoms with E-state index in [2.05, 4.69) is 22.1 Å². The van der Waals surface area contributed by atoms with Crippen LogP contribution < -0.4 is 10.2 Å². The van der Waals surface area contributed by atoms with E-state index in [0.29, 0.717) is 6.04 Å². The summed E-state index contributed by atoms with van der Waals surface area (Å²) in [5.74, 6) is 1.74. The number of morpholine rings is 1. The zero-order valence-corrected chi connectivity index (χ0v) is 12.9. The van der Waals surface area contributed by atoms with Crippen molar-refractivity contribution >= 4 is 5.95 Å². The summed E-state index contributed by atoms with van der Waals surface area (Å²) in [6.45, 7) is 6.52. The Balaban J connectivity index is 1.53. The predicted molar refractivity (Wildman–Crippen MR) is 83.3 cm³/mol. The standard InChI is InChI=1S/C16H26N4O/c1-13-2-4-14(5-3-13)18-12-15-6-7-17-16(19-15)20-8-10-21-11-9-20/h6-7,13-14,18H,2-5,8-12H2,1H3/t13-,14-. The molecule has 21 heavy (non-hydrogen) atoms. The summed E-state index contributed by atoms with van der Waals surface area (Å²) in [4.78, 5) is 11.3. The van der Waals surface area contributed by atoms with Crippen LogP contribution in [-0.4, -0.2) is 42.3 Å². The largest absolute Gasteiger partial charge is 0.378 e. The number of hydrogen-bond acceptors (Lipinski definition) is 5. The van der Waals surface area contributed by atoms with Gasteiger partial charge in [0.25, 0.3) is 0 Å². The molecular formula is C16H26N4O. The molecule has 5 nitrogen and oxygen atoms in total. The predicted octanol–water partition coefficient (Wildman–Crippen LogP) is 1.98. The van der Waals surface area contributed by atoms with E-state index >= 15 is 0 Å². The van der Waals surface area contributed by atoms with Crippen LogP contribution in [0.25, 0.3) is 0 Å². The van der Waals surface area contributed by atoms with Gasteiger partial charge in [-0.3, -0.25) is 0 Å². The summed E-state index contributed by atoms with van der Waals surface area (Å²) in [6, 6.07) is 2.67. The number of rotatable bonds is 4. The van der Waals surface area contributed by atoms with Gasteiger partial charge in [0.15, 0.2) is 0 Å². The first kappa shape index (κ1) is 14.7. The Kier molecular flexibility index (Phi) is 5.04. The lowest BCUT2D eigenvalue weighted by Gasteiger charge is -2.28. The van der Waals surface area contributed by atoms with Crippen LogP contribution in [0.5, 0.6) is 0 Å². The molecule has 1 aliphatic heterocycles. The van der Waals surface area contributed by atoms with Gasteiger partial charge in [-0.2, -0.15) is 0 Å². The summed E-state index contributed by atoms with van der Waals surface area (Å²) < 4.78 is 5.38. The minimum atomic E-state index is 0.656. The van der Waals surface area contributed by atoms with Crippen LogP contribution in [0.3, 0.4) is 0 Å². The molecule has 2 fully saturated rings. The third kappa shape index (κ3) is 4.14. The summed E-state index contributed by atoms with van der Waals surface area (Å²) in [5.41, 5.74) is 1.09. The van der Waals surface area contributed by atoms with Gasteiger partial charge in [-0.05, 0) is 37.7 Å². The van der Waals surface area contributed by atoms with Gasteiger partial charge >= 0.3 is 0 Å². The second kappa shape index (κ2) is 7.18. The first-order valence-electron chi connectivity index (χ1n) is 8.19. The Morgan fingerprint density at radius 3 is 2.76 bits per heavy atom. The van der Waals surface area contributed by atoms with Gasteiger partial charge in [0.2, 0.25) is 5.95 Å². The van der Waals surface area contributed by atoms with Crippen molar-refractivity contribution in [3.63, 3.8) is 0 Å². The van der Waals surface area contributed by atoms with Gasteiger partial charge in [-0.25, -0.2) is 9.97 Å². The lowest BCUT2D eigenvalue weighted by atomic mass is 9.87. The van der Waals surface area contributed by atoms with Crippen molar-refractivity contribution in [1.29, 1.82) is 0 Å². The lowest BCUT2D eigenvalue weighted by Crippen LogP contribution is -2.37. The van der Waals surface area contributed by atoms with Crippen LogP contribution in [0, 0.1) is 5.92 Å². The summed E-state index contributed by atoms with van der Waals surface area (Å²) in [7, 11) is 0. The third-order valence-corrected chi connectivity index (χ3v) is 4.58. The monoisotopic (exact) mass is 290 g/mol. The second-order valence-electron chi connectivity index (χ2n) is 6.29. The molecule has 0 atom stereocenters. The molecule has 0 amide bonds. The van der Waals surface area contributed by atoms with Gasteiger partial charge < -0.3 is 15.0 Å². The van der Waals surface area contributed by atoms with E-state index in [9.17, 15) is 0 Å². The first-order chi connectivity index (χ1) is 10.3. The van der Waals surface area contributed by atoms with Crippen molar-refractivity contribution in [3.05, 3.63) is 18.0 Å². The average molecular weight is 290 g/mol. The normalized spacial score (nSPS) is 26.8. The van der Waals surface area contributed by atoms with Crippen LogP contribution in [0.4, 0.5) is 5.95 Å². The Morgan fingerprint density at radius 2 is 2.00 bits per heavy atom. The molecule has 1 saturated heterocycles. The molecular weight excluding hydrogens is 264 g/mol. The molecule has 116 valence electrons. The quantitative estimate of drug-likeness (QED) is 0.919. The summed E-state index contributed by atoms with van der Waals surface area (Å²) in [6.07, 6.45) is 7.16. The molecule has 1 aromatic heterocycles. The highest BCUT2D eigenvalue weighted by Gasteiger charge is 2.18. The molecule has 1 N–H and O–H groups in total. The molecule has 0 unspecified atom stereocenters. The maximum atomic E-state index is 5.38. The molecule has 2 heterocycles. The van der Waals surface area contributed by atoms with E-state index in [0.717, 1.165) is 50.4 Å². The van der Waals surface area contributed by atoms with E-state index < -0.39 is 0 Å². The van der Waals surface area contributed by atoms with Crippen molar-refractivity contribution in [3.8, 4) is 0 Å². The fraction of sp³-hybridized carbons (Fsp3) is 0.750. The van der Waals surface area contributed by atoms with E-state index in [1.807, 2.05) is 12.3 Å². The van der Waals surface area contributed by atoms with E-state index in [4.69, 9.17) is 9.72 Å². The molecule has 3 rings (SSSR count). The number of aromatic nitrogens is 2. The molecule has 0 radical (unpaired) electrons. The Bertz CT molecular complexity index is 440. The minimum absolute atomic E-state index is 0.656. The number of anilines is 1. The van der Waals surface area contributed by atoms with Crippen molar-refractivity contribution in [1.82, 2.24) is 15.3 Å². The fourth-order valence-corrected chi connectivity index (χ4v) is 3.11. The average Bonchev–Trinajstić information content (AvgIpc) is 2.55. The van der Waals surface area contributed by atoms with Crippen LogP contribution in [0.1, 0.15) is 38.3 Å². The van der Waals surface area contributed by atoms with Crippen molar-refractivity contribution in [2.75, 3.05) is 31.2 Å². The summed E-state index contributed by atoms with van der Waals surface area (Å²) in [5, 5.41) is 3.66. The van der Waals surface area contributed by atoms with Crippen LogP contribution in [0.2, 0.25) is 0 Å². The lowest BCUT2D eigenvalue weighted by molar-refractivity contribution is 0.122. The van der Waals surface area contributed by atoms with Crippen molar-refractivity contribution < 1.29 is 4.74 Å². The Hall–Kier alpha value is -1.20. The van der Waals surface area contributed by atoms with E-state index in [1.54, 1.807) is 0 Å². The van der Waals surface area contributed by atoms with Gasteiger partial charge in [0.1, 0.15) is 0 Å². The highest BCUT2D eigenvalue weighted by molar-refractivity contribution is 5.30. The smallest absolute Gasteiger partial charge is 0.225 e. The number of nitrogens with one attached hydrogen (secondary N) is 1. The topological polar surface area (TPSA) is 50.3 Å². The number of ether oxygens (including phenoxy) is 1. The molecule has 0 spiro atoms. The molecule has 1 aliphatic carbocycles. The van der Waals surface area contributed by atoms with E-state index in [-0.39, 0.29) is 0 Å². The van der Waals surface area contributed by atoms with Crippen LogP contribution >= 0.6 is 0 Å². The van der Waals surface area contributed by atoms with Gasteiger partial charge in [-0.15, -0.1) is 0 Å². The van der Waals surface area contributed by atoms with Gasteiger partial charge in [0, 0.05) is 31.9 Å². The molecule has 0 bridgehead atoms. The Morgan fingerprint density at radius 1 is 1.24 bits per heavy atom. The molecule has 0 aromatic carbocycles. The molecule has 1 saturated carbocycles. The summed E-state index contributed by atoms with van der Waals surface area (Å²) >= 11 is 0. The van der Waals surface area contributed by atoms with Gasteiger partial charge in [-0.1, -0.05) is 6.92 Å². The van der Waals surface area contributed by atoms with Crippen molar-refractivity contribution in [2.24, 2.45) is 5.92 Å². The molecule has 2 aliphatic rings. The maximum Gasteiger partial charge on any atom is 0.225 e. The highest BCUT2D eigenvalue weighted by Crippen LogP contribution is 2.23. The highest BCUT2D eigenvalue weighted by atomic mass is 16.5. The van der Waals surface area contributed by atoms with Crippen molar-refractivity contribution in [2.45, 2.75) is 45.2 Å². The van der Waals surface area contributed by atoms with Crippen LogP contribution in [0.15, 0.2) is 12.3 Å². The van der Waals surface area contributed by atoms with E-state index in [1.165, 1.54) is 25.7 Å². The number of nitrogens with zero attached hydrogens (tertiary/aromatic N) is 3.